The summed E-state index contributed by atoms with van der Waals surface area (Å²) in [7, 11) is 1.66. The predicted octanol–water partition coefficient (Wildman–Crippen LogP) is 1.46. The number of amides is 1. The van der Waals surface area contributed by atoms with Gasteiger partial charge >= 0.3 is 0 Å². The first-order chi connectivity index (χ1) is 8.76. The van der Waals surface area contributed by atoms with Gasteiger partial charge in [-0.1, -0.05) is 12.1 Å². The summed E-state index contributed by atoms with van der Waals surface area (Å²) in [6.07, 6.45) is 2.53. The molecule has 1 atom stereocenters. The lowest BCUT2D eigenvalue weighted by atomic mass is 9.94. The highest BCUT2D eigenvalue weighted by molar-refractivity contribution is 5.80. The number of hydrogen-bond acceptors (Lipinski definition) is 3. The number of fused-ring (bicyclic) bond motifs is 1. The van der Waals surface area contributed by atoms with Gasteiger partial charge in [-0.25, -0.2) is 0 Å². The molecule has 0 saturated carbocycles. The van der Waals surface area contributed by atoms with E-state index in [1.54, 1.807) is 7.11 Å². The van der Waals surface area contributed by atoms with E-state index in [0.717, 1.165) is 37.2 Å². The molecule has 96 valence electrons. The molecular weight excluding hydrogens is 228 g/mol. The Hall–Kier alpha value is -1.55. The monoisotopic (exact) mass is 246 g/mol. The lowest BCUT2D eigenvalue weighted by Gasteiger charge is -2.43. The van der Waals surface area contributed by atoms with Crippen LogP contribution in [0.3, 0.4) is 0 Å². The van der Waals surface area contributed by atoms with Crippen LogP contribution in [-0.2, 0) is 10.5 Å². The van der Waals surface area contributed by atoms with Gasteiger partial charge in [0.05, 0.1) is 7.11 Å². The van der Waals surface area contributed by atoms with Gasteiger partial charge in [0.2, 0.25) is 5.91 Å². The maximum atomic E-state index is 12.0. The number of hydrogen-bond donors (Lipinski definition) is 1. The van der Waals surface area contributed by atoms with Gasteiger partial charge in [-0.05, 0) is 37.1 Å². The molecule has 2 heterocycles. The van der Waals surface area contributed by atoms with Crippen molar-refractivity contribution < 1.29 is 9.53 Å². The Labute approximate surface area is 107 Å². The van der Waals surface area contributed by atoms with Crippen LogP contribution >= 0.6 is 0 Å². The largest absolute Gasteiger partial charge is 0.497 e. The van der Waals surface area contributed by atoms with Gasteiger partial charge in [-0.15, -0.1) is 0 Å². The van der Waals surface area contributed by atoms with E-state index in [9.17, 15) is 4.79 Å². The Bertz CT molecular complexity index is 457. The SMILES string of the molecule is COc1ccc(C23CCC(=O)N2CCCN3)cc1. The summed E-state index contributed by atoms with van der Waals surface area (Å²) in [4.78, 5) is 14.0. The summed E-state index contributed by atoms with van der Waals surface area (Å²) in [5, 5.41) is 3.54. The molecule has 18 heavy (non-hydrogen) atoms. The molecule has 2 saturated heterocycles. The quantitative estimate of drug-likeness (QED) is 0.859. The third-order valence-corrected chi connectivity index (χ3v) is 4.01. The fraction of sp³-hybridized carbons (Fsp3) is 0.500. The molecule has 0 aliphatic carbocycles. The number of benzene rings is 1. The van der Waals surface area contributed by atoms with E-state index in [1.807, 2.05) is 17.0 Å². The Balaban J connectivity index is 1.98. The Kier molecular flexibility index (Phi) is 2.74. The molecule has 1 N–H and O–H groups in total. The van der Waals surface area contributed by atoms with Crippen molar-refractivity contribution in [1.82, 2.24) is 10.2 Å². The number of nitrogens with one attached hydrogen (secondary N) is 1. The molecule has 0 aromatic heterocycles. The summed E-state index contributed by atoms with van der Waals surface area (Å²) in [6, 6.07) is 8.04. The van der Waals surface area contributed by atoms with Crippen LogP contribution in [-0.4, -0.2) is 31.0 Å². The van der Waals surface area contributed by atoms with Crippen LogP contribution in [0.2, 0.25) is 0 Å². The number of ether oxygens (including phenoxy) is 1. The van der Waals surface area contributed by atoms with E-state index in [1.165, 1.54) is 0 Å². The Morgan fingerprint density at radius 2 is 2.11 bits per heavy atom. The first-order valence-electron chi connectivity index (χ1n) is 6.46. The van der Waals surface area contributed by atoms with Crippen molar-refractivity contribution in [3.8, 4) is 5.75 Å². The van der Waals surface area contributed by atoms with Crippen LogP contribution in [0.1, 0.15) is 24.8 Å². The maximum Gasteiger partial charge on any atom is 0.224 e. The average Bonchev–Trinajstić information content (AvgIpc) is 2.78. The van der Waals surface area contributed by atoms with E-state index < -0.39 is 0 Å². The molecule has 3 rings (SSSR count). The Morgan fingerprint density at radius 1 is 1.33 bits per heavy atom. The number of carbonyl (C=O) groups is 1. The number of nitrogens with zero attached hydrogens (tertiary/aromatic N) is 1. The third kappa shape index (κ3) is 1.60. The average molecular weight is 246 g/mol. The van der Waals surface area contributed by atoms with E-state index in [0.29, 0.717) is 6.42 Å². The zero-order valence-corrected chi connectivity index (χ0v) is 10.6. The van der Waals surface area contributed by atoms with Gasteiger partial charge in [-0.3, -0.25) is 10.1 Å². The molecule has 1 aromatic rings. The van der Waals surface area contributed by atoms with Gasteiger partial charge in [0, 0.05) is 13.0 Å². The molecule has 1 aromatic carbocycles. The second-order valence-electron chi connectivity index (χ2n) is 4.91. The van der Waals surface area contributed by atoms with Gasteiger partial charge in [0.15, 0.2) is 0 Å². The summed E-state index contributed by atoms with van der Waals surface area (Å²) < 4.78 is 5.19. The van der Waals surface area contributed by atoms with E-state index in [4.69, 9.17) is 4.74 Å². The minimum atomic E-state index is -0.276. The number of carbonyl (C=O) groups excluding carboxylic acids is 1. The molecule has 0 radical (unpaired) electrons. The summed E-state index contributed by atoms with van der Waals surface area (Å²) >= 11 is 0. The molecule has 4 heteroatoms. The maximum absolute atomic E-state index is 12.0. The zero-order chi connectivity index (χ0) is 12.6. The van der Waals surface area contributed by atoms with Crippen molar-refractivity contribution in [3.05, 3.63) is 29.8 Å². The number of methoxy groups -OCH3 is 1. The van der Waals surface area contributed by atoms with Crippen LogP contribution in [0.5, 0.6) is 5.75 Å². The van der Waals surface area contributed by atoms with Crippen molar-refractivity contribution in [2.45, 2.75) is 24.9 Å². The number of rotatable bonds is 2. The van der Waals surface area contributed by atoms with Gasteiger partial charge in [-0.2, -0.15) is 0 Å². The fourth-order valence-electron chi connectivity index (χ4n) is 3.07. The molecule has 0 bridgehead atoms. The van der Waals surface area contributed by atoms with Crippen LogP contribution < -0.4 is 10.1 Å². The molecule has 2 aliphatic rings. The van der Waals surface area contributed by atoms with Crippen molar-refractivity contribution in [3.63, 3.8) is 0 Å². The Morgan fingerprint density at radius 3 is 2.83 bits per heavy atom. The van der Waals surface area contributed by atoms with E-state index >= 15 is 0 Å². The minimum Gasteiger partial charge on any atom is -0.497 e. The smallest absolute Gasteiger partial charge is 0.224 e. The van der Waals surface area contributed by atoms with Crippen molar-refractivity contribution in [2.24, 2.45) is 0 Å². The van der Waals surface area contributed by atoms with Gasteiger partial charge in [0.25, 0.3) is 0 Å². The first-order valence-corrected chi connectivity index (χ1v) is 6.46. The van der Waals surface area contributed by atoms with E-state index in [-0.39, 0.29) is 11.6 Å². The highest BCUT2D eigenvalue weighted by Gasteiger charge is 2.47. The van der Waals surface area contributed by atoms with Crippen molar-refractivity contribution >= 4 is 5.91 Å². The van der Waals surface area contributed by atoms with Gasteiger partial charge in [0.1, 0.15) is 11.4 Å². The van der Waals surface area contributed by atoms with Crippen LogP contribution in [0.25, 0.3) is 0 Å². The molecule has 4 nitrogen and oxygen atoms in total. The normalized spacial score (nSPS) is 27.2. The zero-order valence-electron chi connectivity index (χ0n) is 10.6. The topological polar surface area (TPSA) is 41.6 Å². The molecule has 1 unspecified atom stereocenters. The standard InChI is InChI=1S/C14H18N2O2/c1-18-12-5-3-11(4-6-12)14-8-7-13(17)16(14)10-2-9-15-14/h3-6,15H,2,7-10H2,1H3. The second-order valence-corrected chi connectivity index (χ2v) is 4.91. The lowest BCUT2D eigenvalue weighted by molar-refractivity contribution is -0.133. The van der Waals surface area contributed by atoms with Crippen LogP contribution in [0.4, 0.5) is 0 Å². The highest BCUT2D eigenvalue weighted by atomic mass is 16.5. The van der Waals surface area contributed by atoms with E-state index in [2.05, 4.69) is 17.4 Å². The third-order valence-electron chi connectivity index (χ3n) is 4.01. The lowest BCUT2D eigenvalue weighted by Crippen LogP contribution is -2.58. The molecule has 1 amide bonds. The summed E-state index contributed by atoms with van der Waals surface area (Å²) in [5.41, 5.74) is 0.885. The minimum absolute atomic E-state index is 0.262. The van der Waals surface area contributed by atoms with Crippen molar-refractivity contribution in [1.29, 1.82) is 0 Å². The van der Waals surface area contributed by atoms with Gasteiger partial charge < -0.3 is 9.64 Å². The molecule has 2 fully saturated rings. The van der Waals surface area contributed by atoms with Crippen molar-refractivity contribution in [2.75, 3.05) is 20.2 Å². The van der Waals surface area contributed by atoms with Crippen LogP contribution in [0.15, 0.2) is 24.3 Å². The predicted molar refractivity (Wildman–Crippen MR) is 68.2 cm³/mol. The summed E-state index contributed by atoms with van der Waals surface area (Å²) in [5.74, 6) is 1.11. The molecule has 0 spiro atoms. The highest BCUT2D eigenvalue weighted by Crippen LogP contribution is 2.39. The molecule has 2 aliphatic heterocycles. The second kappa shape index (κ2) is 4.28. The first kappa shape index (κ1) is 11.5. The molecular formula is C14H18N2O2. The van der Waals surface area contributed by atoms with Crippen LogP contribution in [0, 0.1) is 0 Å². The fourth-order valence-corrected chi connectivity index (χ4v) is 3.07. The summed E-state index contributed by atoms with van der Waals surface area (Å²) in [6.45, 7) is 1.83.